The van der Waals surface area contributed by atoms with Crippen molar-refractivity contribution < 1.29 is 4.42 Å². The van der Waals surface area contributed by atoms with Crippen LogP contribution in [0.5, 0.6) is 0 Å². The highest BCUT2D eigenvalue weighted by atomic mass is 16.3. The monoisotopic (exact) mass is 443 g/mol. The number of furan rings is 1. The summed E-state index contributed by atoms with van der Waals surface area (Å²) in [6.07, 6.45) is 10.4. The summed E-state index contributed by atoms with van der Waals surface area (Å²) in [5, 5.41) is 2.31. The molecule has 2 heterocycles. The largest absolute Gasteiger partial charge is 0.455 e. The second-order valence-corrected chi connectivity index (χ2v) is 10.4. The summed E-state index contributed by atoms with van der Waals surface area (Å²) in [4.78, 5) is 4.78. The fourth-order valence-corrected chi connectivity index (χ4v) is 6.63. The Kier molecular flexibility index (Phi) is 4.79. The van der Waals surface area contributed by atoms with Crippen molar-refractivity contribution in [1.82, 2.24) is 4.98 Å². The molecule has 2 heteroatoms. The number of hydrogen-bond donors (Lipinski definition) is 0. The molecule has 2 aromatic heterocycles. The van der Waals surface area contributed by atoms with E-state index in [1.54, 1.807) is 0 Å². The minimum Gasteiger partial charge on any atom is -0.455 e. The van der Waals surface area contributed by atoms with Gasteiger partial charge in [-0.2, -0.15) is 0 Å². The summed E-state index contributed by atoms with van der Waals surface area (Å²) in [7, 11) is 0. The zero-order valence-corrected chi connectivity index (χ0v) is 19.4. The smallest absolute Gasteiger partial charge is 0.144 e. The van der Waals surface area contributed by atoms with Gasteiger partial charge in [-0.1, -0.05) is 61.4 Å². The molecular formula is C32H29NO. The Balaban J connectivity index is 1.27. The van der Waals surface area contributed by atoms with Gasteiger partial charge in [0.1, 0.15) is 11.2 Å². The summed E-state index contributed by atoms with van der Waals surface area (Å²) >= 11 is 0. The van der Waals surface area contributed by atoms with Crippen LogP contribution in [0.1, 0.15) is 37.7 Å². The Morgan fingerprint density at radius 1 is 0.765 bits per heavy atom. The van der Waals surface area contributed by atoms with Gasteiger partial charge in [-0.05, 0) is 90.5 Å². The van der Waals surface area contributed by atoms with Gasteiger partial charge in [0.15, 0.2) is 0 Å². The van der Waals surface area contributed by atoms with Gasteiger partial charge in [-0.15, -0.1) is 0 Å². The zero-order valence-electron chi connectivity index (χ0n) is 19.4. The first-order chi connectivity index (χ1) is 16.8. The quantitative estimate of drug-likeness (QED) is 0.278. The third-order valence-corrected chi connectivity index (χ3v) is 8.40. The lowest BCUT2D eigenvalue weighted by Crippen LogP contribution is -2.32. The minimum absolute atomic E-state index is 0.848. The predicted octanol–water partition coefficient (Wildman–Crippen LogP) is 8.68. The molecule has 0 saturated heterocycles. The lowest BCUT2D eigenvalue weighted by atomic mass is 9.63. The molecule has 0 spiro atoms. The Hall–Kier alpha value is -3.39. The fraction of sp³-hybridized carbons (Fsp3) is 0.281. The van der Waals surface area contributed by atoms with Crippen LogP contribution < -0.4 is 0 Å². The Bertz CT molecular complexity index is 1470. The van der Waals surface area contributed by atoms with Crippen LogP contribution in [0, 0.1) is 17.8 Å². The van der Waals surface area contributed by atoms with E-state index in [0.717, 1.165) is 50.9 Å². The van der Waals surface area contributed by atoms with Crippen molar-refractivity contribution in [1.29, 1.82) is 0 Å². The van der Waals surface area contributed by atoms with Crippen LogP contribution in [0.15, 0.2) is 89.5 Å². The number of nitrogens with zero attached hydrogens (tertiary/aromatic N) is 1. The molecule has 0 aliphatic heterocycles. The maximum absolute atomic E-state index is 6.42. The van der Waals surface area contributed by atoms with E-state index in [0.29, 0.717) is 0 Å². The van der Waals surface area contributed by atoms with E-state index < -0.39 is 0 Å². The Morgan fingerprint density at radius 2 is 1.65 bits per heavy atom. The fourth-order valence-electron chi connectivity index (χ4n) is 6.63. The summed E-state index contributed by atoms with van der Waals surface area (Å²) in [6.45, 7) is 0. The van der Waals surface area contributed by atoms with Crippen molar-refractivity contribution in [2.45, 2.75) is 38.5 Å². The molecule has 34 heavy (non-hydrogen) atoms. The molecule has 3 aliphatic rings. The molecular weight excluding hydrogens is 414 g/mol. The Labute approximate surface area is 200 Å². The van der Waals surface area contributed by atoms with E-state index in [1.807, 2.05) is 6.20 Å². The maximum atomic E-state index is 6.42. The average molecular weight is 444 g/mol. The highest BCUT2D eigenvalue weighted by molar-refractivity contribution is 6.10. The lowest BCUT2D eigenvalue weighted by molar-refractivity contribution is 0.0991. The first-order valence-electron chi connectivity index (χ1n) is 12.8. The minimum atomic E-state index is 0.848. The van der Waals surface area contributed by atoms with Gasteiger partial charge in [-0.3, -0.25) is 4.98 Å². The van der Waals surface area contributed by atoms with Crippen LogP contribution in [0.2, 0.25) is 0 Å². The van der Waals surface area contributed by atoms with Gasteiger partial charge >= 0.3 is 0 Å². The molecule has 0 radical (unpaired) electrons. The van der Waals surface area contributed by atoms with Crippen molar-refractivity contribution in [3.63, 3.8) is 0 Å². The van der Waals surface area contributed by atoms with Crippen molar-refractivity contribution in [3.8, 4) is 22.4 Å². The van der Waals surface area contributed by atoms with E-state index in [2.05, 4.69) is 78.9 Å². The average Bonchev–Trinajstić information content (AvgIpc) is 3.28. The van der Waals surface area contributed by atoms with Crippen molar-refractivity contribution in [2.75, 3.05) is 0 Å². The molecule has 1 atom stereocenters. The second-order valence-electron chi connectivity index (χ2n) is 10.4. The first-order valence-corrected chi connectivity index (χ1v) is 12.8. The summed E-state index contributed by atoms with van der Waals surface area (Å²) in [5.74, 6) is 2.75. The van der Waals surface area contributed by atoms with Crippen molar-refractivity contribution in [2.24, 2.45) is 17.8 Å². The number of benzene rings is 3. The number of fused-ring (bicyclic) bond motifs is 6. The molecule has 3 fully saturated rings. The first kappa shape index (κ1) is 20.0. The number of rotatable bonds is 4. The van der Waals surface area contributed by atoms with E-state index in [-0.39, 0.29) is 0 Å². The SMILES string of the molecule is c1ccc(-c2ccc3oc4c(-c5cc(CC6CC7CCC6CC7)ccn5)cccc4c3c2)cc1. The second kappa shape index (κ2) is 8.13. The molecule has 1 unspecified atom stereocenters. The number of pyridine rings is 1. The maximum Gasteiger partial charge on any atom is 0.144 e. The van der Waals surface area contributed by atoms with Gasteiger partial charge < -0.3 is 4.42 Å². The molecule has 2 bridgehead atoms. The van der Waals surface area contributed by atoms with Crippen molar-refractivity contribution in [3.05, 3.63) is 90.6 Å². The van der Waals surface area contributed by atoms with Gasteiger partial charge in [0.25, 0.3) is 0 Å². The van der Waals surface area contributed by atoms with Crippen LogP contribution in [-0.2, 0) is 6.42 Å². The standard InChI is InChI=1S/C32H29NO/c1-2-5-23(6-3-1)25-13-14-31-29(20-25)27-7-4-8-28(32(27)34-31)30-19-22(15-16-33-30)18-26-17-21-9-11-24(26)12-10-21/h1-8,13-16,19-21,24,26H,9-12,17-18H2. The normalized spacial score (nSPS) is 21.9. The van der Waals surface area contributed by atoms with Gasteiger partial charge in [-0.25, -0.2) is 0 Å². The van der Waals surface area contributed by atoms with Gasteiger partial charge in [0.05, 0.1) is 5.69 Å². The lowest BCUT2D eigenvalue weighted by Gasteiger charge is -2.42. The summed E-state index contributed by atoms with van der Waals surface area (Å²) in [6, 6.07) is 28.0. The number of hydrogen-bond acceptors (Lipinski definition) is 2. The summed E-state index contributed by atoms with van der Waals surface area (Å²) < 4.78 is 6.42. The molecule has 5 aromatic rings. The van der Waals surface area contributed by atoms with Gasteiger partial charge in [0.2, 0.25) is 0 Å². The van der Waals surface area contributed by atoms with Crippen LogP contribution in [-0.4, -0.2) is 4.98 Å². The summed E-state index contributed by atoms with van der Waals surface area (Å²) in [5.41, 5.74) is 7.82. The molecule has 0 amide bonds. The van der Waals surface area contributed by atoms with Crippen LogP contribution in [0.3, 0.4) is 0 Å². The van der Waals surface area contributed by atoms with Crippen LogP contribution in [0.25, 0.3) is 44.3 Å². The Morgan fingerprint density at radius 3 is 2.47 bits per heavy atom. The van der Waals surface area contributed by atoms with E-state index in [9.17, 15) is 0 Å². The highest BCUT2D eigenvalue weighted by Crippen LogP contribution is 2.46. The molecule has 3 saturated carbocycles. The number of para-hydroxylation sites is 1. The van der Waals surface area contributed by atoms with Crippen LogP contribution >= 0.6 is 0 Å². The van der Waals surface area contributed by atoms with E-state index >= 15 is 0 Å². The zero-order chi connectivity index (χ0) is 22.5. The molecule has 3 aromatic carbocycles. The van der Waals surface area contributed by atoms with Crippen molar-refractivity contribution >= 4 is 21.9 Å². The molecule has 3 aliphatic carbocycles. The van der Waals surface area contributed by atoms with Crippen LogP contribution in [0.4, 0.5) is 0 Å². The third-order valence-electron chi connectivity index (χ3n) is 8.40. The third kappa shape index (κ3) is 3.44. The molecule has 0 N–H and O–H groups in total. The molecule has 168 valence electrons. The van der Waals surface area contributed by atoms with E-state index in [4.69, 9.17) is 9.40 Å². The predicted molar refractivity (Wildman–Crippen MR) is 140 cm³/mol. The molecule has 8 rings (SSSR count). The highest BCUT2D eigenvalue weighted by Gasteiger charge is 2.35. The molecule has 2 nitrogen and oxygen atoms in total. The van der Waals surface area contributed by atoms with E-state index in [1.165, 1.54) is 55.2 Å². The number of aromatic nitrogens is 1. The topological polar surface area (TPSA) is 26.0 Å². The van der Waals surface area contributed by atoms with Gasteiger partial charge in [0, 0.05) is 22.5 Å².